The number of amides is 1. The molecule has 3 aliphatic heterocycles. The highest BCUT2D eigenvalue weighted by molar-refractivity contribution is 7.15. The summed E-state index contributed by atoms with van der Waals surface area (Å²) in [5.74, 6) is -0.231. The highest BCUT2D eigenvalue weighted by Gasteiger charge is 2.53. The fraction of sp³-hybridized carbons (Fsp3) is 0.485. The molecule has 4 heterocycles. The Hall–Kier alpha value is -2.86. The van der Waals surface area contributed by atoms with Crippen molar-refractivity contribution in [2.75, 3.05) is 77.1 Å². The number of rotatable bonds is 11. The van der Waals surface area contributed by atoms with E-state index in [-0.39, 0.29) is 18.3 Å². The maximum atomic E-state index is 14.1. The molecule has 3 aliphatic rings. The van der Waals surface area contributed by atoms with Crippen molar-refractivity contribution in [1.82, 2.24) is 20.0 Å². The molecule has 3 saturated heterocycles. The van der Waals surface area contributed by atoms with Gasteiger partial charge in [0.05, 0.1) is 26.0 Å². The third kappa shape index (κ3) is 7.11. The molecule has 1 aromatic heterocycles. The van der Waals surface area contributed by atoms with Crippen LogP contribution in [0.1, 0.15) is 17.7 Å². The summed E-state index contributed by atoms with van der Waals surface area (Å²) in [5.41, 5.74) is 1.38. The van der Waals surface area contributed by atoms with Gasteiger partial charge in [-0.3, -0.25) is 14.6 Å². The third-order valence-corrected chi connectivity index (χ3v) is 10.1. The Morgan fingerprint density at radius 3 is 2.44 bits per heavy atom. The van der Waals surface area contributed by atoms with E-state index in [0.29, 0.717) is 26.1 Å². The summed E-state index contributed by atoms with van der Waals surface area (Å²) >= 11 is 1.82. The molecule has 0 aliphatic carbocycles. The molecule has 3 aromatic rings. The molecule has 230 valence electrons. The topological polar surface area (TPSA) is 71.5 Å². The Labute approximate surface area is 257 Å². The number of thiophene rings is 1. The number of hydrogen-bond donors (Lipinski definition) is 2. The highest BCUT2D eigenvalue weighted by Crippen LogP contribution is 2.40. The van der Waals surface area contributed by atoms with Crippen molar-refractivity contribution >= 4 is 22.9 Å². The summed E-state index contributed by atoms with van der Waals surface area (Å²) in [6.45, 7) is 8.64. The van der Waals surface area contributed by atoms with Crippen LogP contribution in [0.4, 0.5) is 10.1 Å². The molecule has 1 amide bonds. The van der Waals surface area contributed by atoms with Gasteiger partial charge in [-0.25, -0.2) is 4.39 Å². The standard InChI is InChI=1S/C33H42FN5O3S/c34-27-6-8-28(9-7-27)39-25-38(23-29(40)22-35-14-17-36-18-20-42-21-19-36)32(41)33(39)12-15-37(16-13-33)24-30-10-11-31(43-30)26-4-2-1-3-5-26/h1-11,29,35,40H,12-25H2/t29-/m0/s1. The molecule has 8 nitrogen and oxygen atoms in total. The summed E-state index contributed by atoms with van der Waals surface area (Å²) < 4.78 is 19.2. The van der Waals surface area contributed by atoms with Crippen LogP contribution in [-0.2, 0) is 16.1 Å². The molecule has 3 fully saturated rings. The van der Waals surface area contributed by atoms with E-state index in [9.17, 15) is 14.3 Å². The fourth-order valence-electron chi connectivity index (χ4n) is 6.53. The Morgan fingerprint density at radius 2 is 1.70 bits per heavy atom. The van der Waals surface area contributed by atoms with E-state index in [2.05, 4.69) is 56.4 Å². The lowest BCUT2D eigenvalue weighted by molar-refractivity contribution is -0.134. The average molecular weight is 608 g/mol. The predicted molar refractivity (Wildman–Crippen MR) is 169 cm³/mol. The minimum absolute atomic E-state index is 0.0614. The van der Waals surface area contributed by atoms with Crippen LogP contribution in [-0.4, -0.2) is 110 Å². The molecule has 1 spiro atoms. The molecule has 0 radical (unpaired) electrons. The van der Waals surface area contributed by atoms with Crippen molar-refractivity contribution in [3.05, 3.63) is 77.4 Å². The lowest BCUT2D eigenvalue weighted by Gasteiger charge is -2.43. The largest absolute Gasteiger partial charge is 0.390 e. The number of anilines is 1. The van der Waals surface area contributed by atoms with Crippen molar-refractivity contribution in [2.24, 2.45) is 0 Å². The quantitative estimate of drug-likeness (QED) is 0.324. The number of ether oxygens (including phenoxy) is 1. The van der Waals surface area contributed by atoms with Crippen molar-refractivity contribution in [1.29, 1.82) is 0 Å². The van der Waals surface area contributed by atoms with E-state index in [1.165, 1.54) is 27.5 Å². The van der Waals surface area contributed by atoms with Gasteiger partial charge in [0, 0.05) is 74.3 Å². The molecule has 10 heteroatoms. The number of likely N-dealkylation sites (tertiary alicyclic amines) is 1. The van der Waals surface area contributed by atoms with Gasteiger partial charge in [-0.2, -0.15) is 0 Å². The van der Waals surface area contributed by atoms with Crippen LogP contribution in [0.3, 0.4) is 0 Å². The molecule has 0 saturated carbocycles. The van der Waals surface area contributed by atoms with Gasteiger partial charge in [0.1, 0.15) is 11.4 Å². The van der Waals surface area contributed by atoms with Gasteiger partial charge in [0.2, 0.25) is 5.91 Å². The highest BCUT2D eigenvalue weighted by atomic mass is 32.1. The van der Waals surface area contributed by atoms with Crippen molar-refractivity contribution < 1.29 is 19.0 Å². The van der Waals surface area contributed by atoms with Crippen LogP contribution >= 0.6 is 11.3 Å². The van der Waals surface area contributed by atoms with Gasteiger partial charge < -0.3 is 25.0 Å². The minimum atomic E-state index is -0.692. The Morgan fingerprint density at radius 1 is 0.953 bits per heavy atom. The van der Waals surface area contributed by atoms with Crippen LogP contribution in [0.2, 0.25) is 0 Å². The molecule has 1 atom stereocenters. The van der Waals surface area contributed by atoms with E-state index in [1.807, 2.05) is 17.4 Å². The molecular formula is C33H42FN5O3S. The molecule has 43 heavy (non-hydrogen) atoms. The Balaban J connectivity index is 1.07. The number of halogens is 1. The average Bonchev–Trinajstić information content (AvgIpc) is 3.61. The maximum absolute atomic E-state index is 14.1. The van der Waals surface area contributed by atoms with Gasteiger partial charge in [-0.15, -0.1) is 11.3 Å². The van der Waals surface area contributed by atoms with Gasteiger partial charge >= 0.3 is 0 Å². The zero-order valence-corrected chi connectivity index (χ0v) is 25.5. The summed E-state index contributed by atoms with van der Waals surface area (Å²) in [4.78, 5) is 25.4. The Kier molecular flexibility index (Phi) is 9.71. The predicted octanol–water partition coefficient (Wildman–Crippen LogP) is 3.48. The number of carbonyl (C=O) groups is 1. The lowest BCUT2D eigenvalue weighted by Crippen LogP contribution is -2.56. The molecular weight excluding hydrogens is 565 g/mol. The van der Waals surface area contributed by atoms with E-state index >= 15 is 0 Å². The fourth-order valence-corrected chi connectivity index (χ4v) is 7.58. The van der Waals surface area contributed by atoms with E-state index < -0.39 is 11.6 Å². The van der Waals surface area contributed by atoms with E-state index in [0.717, 1.165) is 64.7 Å². The SMILES string of the molecule is O=C1N(C[C@@H](O)CNCCN2CCOCC2)CN(c2ccc(F)cc2)C12CCN(Cc1ccc(-c3ccccc3)s1)CC2. The summed E-state index contributed by atoms with van der Waals surface area (Å²) in [6.07, 6.45) is 0.700. The molecule has 0 unspecified atom stereocenters. The molecule has 2 N–H and O–H groups in total. The van der Waals surface area contributed by atoms with E-state index in [1.54, 1.807) is 17.0 Å². The van der Waals surface area contributed by atoms with E-state index in [4.69, 9.17) is 4.74 Å². The van der Waals surface area contributed by atoms with Gasteiger partial charge in [0.15, 0.2) is 0 Å². The zero-order chi connectivity index (χ0) is 29.6. The first kappa shape index (κ1) is 30.2. The number of aliphatic hydroxyl groups excluding tert-OH is 1. The lowest BCUT2D eigenvalue weighted by atomic mass is 9.85. The first-order chi connectivity index (χ1) is 21.0. The smallest absolute Gasteiger partial charge is 0.250 e. The molecule has 6 rings (SSSR count). The Bertz CT molecular complexity index is 1330. The summed E-state index contributed by atoms with van der Waals surface area (Å²) in [6, 6.07) is 21.3. The first-order valence-electron chi connectivity index (χ1n) is 15.4. The van der Waals surface area contributed by atoms with Gasteiger partial charge in [-0.05, 0) is 54.8 Å². The third-order valence-electron chi connectivity index (χ3n) is 8.95. The van der Waals surface area contributed by atoms with Crippen molar-refractivity contribution in [2.45, 2.75) is 31.0 Å². The molecule has 2 aromatic carbocycles. The summed E-state index contributed by atoms with van der Waals surface area (Å²) in [5, 5.41) is 14.2. The number of aliphatic hydroxyl groups is 1. The number of hydrogen-bond acceptors (Lipinski definition) is 8. The number of piperidine rings is 1. The summed E-state index contributed by atoms with van der Waals surface area (Å²) in [7, 11) is 0. The van der Waals surface area contributed by atoms with Crippen LogP contribution < -0.4 is 10.2 Å². The van der Waals surface area contributed by atoms with Crippen molar-refractivity contribution in [3.8, 4) is 10.4 Å². The van der Waals surface area contributed by atoms with Crippen LogP contribution in [0.25, 0.3) is 10.4 Å². The monoisotopic (exact) mass is 607 g/mol. The second-order valence-electron chi connectivity index (χ2n) is 11.8. The molecule has 0 bridgehead atoms. The van der Waals surface area contributed by atoms with Crippen LogP contribution in [0, 0.1) is 5.82 Å². The van der Waals surface area contributed by atoms with Gasteiger partial charge in [-0.1, -0.05) is 30.3 Å². The normalized spacial score (nSPS) is 20.3. The second kappa shape index (κ2) is 13.8. The number of nitrogens with zero attached hydrogens (tertiary/aromatic N) is 4. The second-order valence-corrected chi connectivity index (χ2v) is 13.0. The van der Waals surface area contributed by atoms with Crippen molar-refractivity contribution in [3.63, 3.8) is 0 Å². The number of benzene rings is 2. The number of carbonyl (C=O) groups excluding carboxylic acids is 1. The first-order valence-corrected chi connectivity index (χ1v) is 16.2. The maximum Gasteiger partial charge on any atom is 0.250 e. The zero-order valence-electron chi connectivity index (χ0n) is 24.7. The number of nitrogens with one attached hydrogen (secondary N) is 1. The number of β-amino-alcohol motifs (C(OH)–C–C–N with tert-alkyl or cyclic N) is 1. The number of morpholine rings is 1. The van der Waals surface area contributed by atoms with Crippen LogP contribution in [0.5, 0.6) is 0 Å². The minimum Gasteiger partial charge on any atom is -0.390 e. The van der Waals surface area contributed by atoms with Crippen LogP contribution in [0.15, 0.2) is 66.7 Å². The van der Waals surface area contributed by atoms with Gasteiger partial charge in [0.25, 0.3) is 0 Å².